The second-order valence-corrected chi connectivity index (χ2v) is 11.4. The lowest BCUT2D eigenvalue weighted by atomic mass is 9.97. The van der Waals surface area contributed by atoms with Crippen molar-refractivity contribution in [3.63, 3.8) is 0 Å². The van der Waals surface area contributed by atoms with Crippen LogP contribution in [0, 0.1) is 11.3 Å². The number of phenols is 1. The SMILES string of the molecule is C=CCN1CC(=O)N2[C@@H](Cc3ccc(O)cc3)C(=O)N(Cc3cccc4c(C#N)c[nH]c34)C[C@@H]2N1C(=O)CCc1ccccc1. The van der Waals surface area contributed by atoms with E-state index in [4.69, 9.17) is 0 Å². The van der Waals surface area contributed by atoms with E-state index in [1.165, 1.54) is 0 Å². The number of nitrogens with zero attached hydrogens (tertiary/aromatic N) is 5. The van der Waals surface area contributed by atoms with Crippen molar-refractivity contribution in [1.82, 2.24) is 24.8 Å². The van der Waals surface area contributed by atoms with E-state index in [1.54, 1.807) is 56.4 Å². The fourth-order valence-electron chi connectivity index (χ4n) is 6.42. The third kappa shape index (κ3) is 5.90. The molecule has 10 heteroatoms. The molecule has 228 valence electrons. The minimum Gasteiger partial charge on any atom is -0.508 e. The van der Waals surface area contributed by atoms with E-state index < -0.39 is 12.2 Å². The summed E-state index contributed by atoms with van der Waals surface area (Å²) in [5.74, 6) is -0.513. The largest absolute Gasteiger partial charge is 0.508 e. The van der Waals surface area contributed by atoms with Crippen molar-refractivity contribution in [2.24, 2.45) is 0 Å². The standard InChI is InChI=1S/C35H34N6O4/c1-2-17-39-23-33(44)40-30(18-25-11-14-28(42)15-12-25)35(45)38(21-26-9-6-10-29-27(19-36)20-37-34(26)29)22-31(40)41(39)32(43)16-13-24-7-4-3-5-8-24/h2-12,14-15,20,30-31,37,42H,1,13,16-18,21-23H2/t30-,31-/m0/s1. The summed E-state index contributed by atoms with van der Waals surface area (Å²) in [7, 11) is 0. The zero-order chi connectivity index (χ0) is 31.5. The number of carbonyl (C=O) groups is 3. The first-order valence-corrected chi connectivity index (χ1v) is 15.0. The zero-order valence-corrected chi connectivity index (χ0v) is 24.8. The van der Waals surface area contributed by atoms with Gasteiger partial charge < -0.3 is 19.9 Å². The molecule has 2 atom stereocenters. The summed E-state index contributed by atoms with van der Waals surface area (Å²) in [6.45, 7) is 4.43. The van der Waals surface area contributed by atoms with E-state index in [0.717, 1.165) is 27.6 Å². The number of hydrazine groups is 1. The highest BCUT2D eigenvalue weighted by Gasteiger charge is 2.51. The summed E-state index contributed by atoms with van der Waals surface area (Å²) >= 11 is 0. The highest BCUT2D eigenvalue weighted by molar-refractivity contribution is 5.93. The van der Waals surface area contributed by atoms with Gasteiger partial charge in [0.1, 0.15) is 24.0 Å². The number of nitrogens with one attached hydrogen (secondary N) is 1. The second-order valence-electron chi connectivity index (χ2n) is 11.4. The average molecular weight is 603 g/mol. The number of amides is 3. The number of aromatic amines is 1. The number of hydrogen-bond acceptors (Lipinski definition) is 6. The van der Waals surface area contributed by atoms with Crippen LogP contribution in [0.3, 0.4) is 0 Å². The third-order valence-electron chi connectivity index (χ3n) is 8.54. The van der Waals surface area contributed by atoms with Gasteiger partial charge in [0.2, 0.25) is 17.7 Å². The smallest absolute Gasteiger partial charge is 0.246 e. The maximum atomic E-state index is 14.3. The highest BCUT2D eigenvalue weighted by atomic mass is 16.3. The summed E-state index contributed by atoms with van der Waals surface area (Å²) in [5, 5.41) is 23.5. The number of piperazine rings is 1. The van der Waals surface area contributed by atoms with Crippen LogP contribution in [-0.2, 0) is 33.8 Å². The molecule has 10 nitrogen and oxygen atoms in total. The number of rotatable bonds is 9. The Bertz CT molecular complexity index is 1780. The number of nitriles is 1. The lowest BCUT2D eigenvalue weighted by molar-refractivity contribution is -0.205. The van der Waals surface area contributed by atoms with Crippen LogP contribution in [0.15, 0.2) is 91.6 Å². The molecule has 3 heterocycles. The zero-order valence-electron chi connectivity index (χ0n) is 24.8. The predicted molar refractivity (Wildman–Crippen MR) is 168 cm³/mol. The first kappa shape index (κ1) is 29.7. The molecular formula is C35H34N6O4. The number of para-hydroxylation sites is 1. The molecule has 0 radical (unpaired) electrons. The van der Waals surface area contributed by atoms with E-state index in [2.05, 4.69) is 17.6 Å². The Hall–Kier alpha value is -5.40. The fraction of sp³-hybridized carbons (Fsp3) is 0.257. The number of hydrogen-bond donors (Lipinski definition) is 2. The quantitative estimate of drug-likeness (QED) is 0.282. The Labute approximate surface area is 261 Å². The predicted octanol–water partition coefficient (Wildman–Crippen LogP) is 3.73. The van der Waals surface area contributed by atoms with Crippen molar-refractivity contribution in [3.8, 4) is 11.8 Å². The molecule has 2 saturated heterocycles. The number of aryl methyl sites for hydroxylation is 1. The van der Waals surface area contributed by atoms with E-state index in [0.29, 0.717) is 18.5 Å². The Balaban J connectivity index is 1.37. The number of benzene rings is 3. The van der Waals surface area contributed by atoms with Gasteiger partial charge in [0.25, 0.3) is 0 Å². The normalized spacial score (nSPS) is 18.6. The fourth-order valence-corrected chi connectivity index (χ4v) is 6.42. The van der Waals surface area contributed by atoms with E-state index in [-0.39, 0.29) is 55.9 Å². The molecule has 45 heavy (non-hydrogen) atoms. The molecule has 2 N–H and O–H groups in total. The molecular weight excluding hydrogens is 568 g/mol. The monoisotopic (exact) mass is 602 g/mol. The minimum absolute atomic E-state index is 0.0579. The Morgan fingerprint density at radius 3 is 2.56 bits per heavy atom. The van der Waals surface area contributed by atoms with Crippen molar-refractivity contribution < 1.29 is 19.5 Å². The van der Waals surface area contributed by atoms with Gasteiger partial charge >= 0.3 is 0 Å². The van der Waals surface area contributed by atoms with Gasteiger partial charge in [-0.1, -0.05) is 66.7 Å². The average Bonchev–Trinajstić information content (AvgIpc) is 3.48. The van der Waals surface area contributed by atoms with Crippen LogP contribution in [0.5, 0.6) is 5.75 Å². The summed E-state index contributed by atoms with van der Waals surface area (Å²) in [6.07, 6.45) is 3.57. The molecule has 4 aromatic rings. The van der Waals surface area contributed by atoms with Gasteiger partial charge in [0.15, 0.2) is 0 Å². The van der Waals surface area contributed by atoms with Gasteiger partial charge in [-0.3, -0.25) is 14.4 Å². The first-order valence-electron chi connectivity index (χ1n) is 15.0. The van der Waals surface area contributed by atoms with Gasteiger partial charge in [0.05, 0.1) is 24.2 Å². The molecule has 6 rings (SSSR count). The van der Waals surface area contributed by atoms with Crippen LogP contribution in [0.1, 0.15) is 28.7 Å². The Kier molecular flexibility index (Phi) is 8.36. The number of phenolic OH excluding ortho intramolecular Hbond substituents is 1. The van der Waals surface area contributed by atoms with Crippen LogP contribution in [0.25, 0.3) is 10.9 Å². The van der Waals surface area contributed by atoms with Gasteiger partial charge in [-0.15, -0.1) is 6.58 Å². The van der Waals surface area contributed by atoms with Crippen molar-refractivity contribution in [2.75, 3.05) is 19.6 Å². The topological polar surface area (TPSA) is 124 Å². The number of fused-ring (bicyclic) bond motifs is 2. The molecule has 0 saturated carbocycles. The highest BCUT2D eigenvalue weighted by Crippen LogP contribution is 2.31. The van der Waals surface area contributed by atoms with Crippen molar-refractivity contribution >= 4 is 28.6 Å². The lowest BCUT2D eigenvalue weighted by Gasteiger charge is -2.55. The van der Waals surface area contributed by atoms with Crippen molar-refractivity contribution in [3.05, 3.63) is 114 Å². The summed E-state index contributed by atoms with van der Waals surface area (Å²) in [6, 6.07) is 23.3. The van der Waals surface area contributed by atoms with Crippen molar-refractivity contribution in [1.29, 1.82) is 5.26 Å². The second kappa shape index (κ2) is 12.7. The van der Waals surface area contributed by atoms with Crippen LogP contribution in [0.4, 0.5) is 0 Å². The molecule has 2 aliphatic heterocycles. The maximum absolute atomic E-state index is 14.3. The van der Waals surface area contributed by atoms with Gasteiger partial charge in [0, 0.05) is 37.5 Å². The van der Waals surface area contributed by atoms with E-state index in [9.17, 15) is 24.8 Å². The molecule has 3 amide bonds. The molecule has 2 aliphatic rings. The number of aromatic nitrogens is 1. The lowest BCUT2D eigenvalue weighted by Crippen LogP contribution is -2.75. The minimum atomic E-state index is -0.867. The summed E-state index contributed by atoms with van der Waals surface area (Å²) in [5.41, 5.74) is 3.92. The Morgan fingerprint density at radius 2 is 1.82 bits per heavy atom. The molecule has 3 aromatic carbocycles. The number of carbonyl (C=O) groups excluding carboxylic acids is 3. The van der Waals surface area contributed by atoms with E-state index >= 15 is 0 Å². The molecule has 0 unspecified atom stereocenters. The number of H-pyrrole nitrogens is 1. The van der Waals surface area contributed by atoms with Gasteiger partial charge in [-0.05, 0) is 35.2 Å². The van der Waals surface area contributed by atoms with Gasteiger partial charge in [-0.2, -0.15) is 5.26 Å². The summed E-state index contributed by atoms with van der Waals surface area (Å²) in [4.78, 5) is 48.6. The van der Waals surface area contributed by atoms with Crippen molar-refractivity contribution in [2.45, 2.75) is 38.0 Å². The molecule has 0 bridgehead atoms. The van der Waals surface area contributed by atoms with Crippen LogP contribution >= 0.6 is 0 Å². The molecule has 1 aromatic heterocycles. The van der Waals surface area contributed by atoms with E-state index in [1.807, 2.05) is 48.5 Å². The Morgan fingerprint density at radius 1 is 1.04 bits per heavy atom. The molecule has 0 spiro atoms. The summed E-state index contributed by atoms with van der Waals surface area (Å²) < 4.78 is 0. The first-order chi connectivity index (χ1) is 21.9. The molecule has 0 aliphatic carbocycles. The molecule has 2 fully saturated rings. The van der Waals surface area contributed by atoms with Gasteiger partial charge in [-0.25, -0.2) is 10.0 Å². The van der Waals surface area contributed by atoms with Crippen LogP contribution < -0.4 is 0 Å². The van der Waals surface area contributed by atoms with Crippen LogP contribution in [-0.4, -0.2) is 79.5 Å². The third-order valence-corrected chi connectivity index (χ3v) is 8.54. The number of aromatic hydroxyl groups is 1. The maximum Gasteiger partial charge on any atom is 0.246 e. The van der Waals surface area contributed by atoms with Crippen LogP contribution in [0.2, 0.25) is 0 Å².